The molecule has 3 aromatic rings. The summed E-state index contributed by atoms with van der Waals surface area (Å²) in [4.78, 5) is 32.8. The summed E-state index contributed by atoms with van der Waals surface area (Å²) in [5, 5.41) is 0. The van der Waals surface area contributed by atoms with Crippen LogP contribution in [0.2, 0.25) is 0 Å². The predicted molar refractivity (Wildman–Crippen MR) is 116 cm³/mol. The van der Waals surface area contributed by atoms with Crippen LogP contribution in [0.4, 0.5) is 0 Å². The van der Waals surface area contributed by atoms with E-state index in [0.29, 0.717) is 47.1 Å². The van der Waals surface area contributed by atoms with Gasteiger partial charge in [-0.3, -0.25) is 19.5 Å². The van der Waals surface area contributed by atoms with Gasteiger partial charge in [0, 0.05) is 11.8 Å². The molecule has 1 aromatic heterocycles. The number of carbonyl (C=O) groups is 2. The second-order valence-electron chi connectivity index (χ2n) is 7.28. The monoisotopic (exact) mass is 416 g/mol. The van der Waals surface area contributed by atoms with Crippen molar-refractivity contribution in [2.24, 2.45) is 0 Å². The number of rotatable bonds is 7. The maximum Gasteiger partial charge on any atom is 0.262 e. The van der Waals surface area contributed by atoms with Crippen LogP contribution in [0.5, 0.6) is 11.5 Å². The van der Waals surface area contributed by atoms with Crippen molar-refractivity contribution in [1.82, 2.24) is 9.88 Å². The summed E-state index contributed by atoms with van der Waals surface area (Å²) in [7, 11) is 0. The third kappa shape index (κ3) is 3.24. The number of para-hydroxylation sites is 1. The van der Waals surface area contributed by atoms with Crippen molar-refractivity contribution < 1.29 is 19.1 Å². The topological polar surface area (TPSA) is 68.7 Å². The van der Waals surface area contributed by atoms with Crippen LogP contribution in [-0.2, 0) is 5.54 Å². The highest BCUT2D eigenvalue weighted by molar-refractivity contribution is 6.22. The van der Waals surface area contributed by atoms with Crippen molar-refractivity contribution in [3.63, 3.8) is 0 Å². The van der Waals surface area contributed by atoms with Crippen molar-refractivity contribution in [2.75, 3.05) is 13.2 Å². The quantitative estimate of drug-likeness (QED) is 0.533. The van der Waals surface area contributed by atoms with Gasteiger partial charge in [-0.05, 0) is 51.1 Å². The van der Waals surface area contributed by atoms with E-state index < -0.39 is 5.54 Å². The lowest BCUT2D eigenvalue weighted by molar-refractivity contribution is 0.0495. The Bertz CT molecular complexity index is 1090. The molecule has 1 aliphatic heterocycles. The van der Waals surface area contributed by atoms with E-state index >= 15 is 0 Å². The highest BCUT2D eigenvalue weighted by Gasteiger charge is 2.50. The average Bonchev–Trinajstić information content (AvgIpc) is 3.06. The average molecular weight is 416 g/mol. The number of fused-ring (bicyclic) bond motifs is 1. The number of nitrogens with zero attached hydrogens (tertiary/aromatic N) is 2. The van der Waals surface area contributed by atoms with Gasteiger partial charge < -0.3 is 9.47 Å². The molecule has 0 N–H and O–H groups in total. The minimum atomic E-state index is -1.22. The second-order valence-corrected chi connectivity index (χ2v) is 7.28. The van der Waals surface area contributed by atoms with Crippen molar-refractivity contribution in [3.8, 4) is 11.5 Å². The number of benzene rings is 2. The molecule has 0 aliphatic carbocycles. The predicted octanol–water partition coefficient (Wildman–Crippen LogP) is 4.44. The molecule has 6 nitrogen and oxygen atoms in total. The number of aromatic nitrogens is 1. The third-order valence-corrected chi connectivity index (χ3v) is 5.50. The summed E-state index contributed by atoms with van der Waals surface area (Å²) in [5.74, 6) is 0.327. The first-order valence-corrected chi connectivity index (χ1v) is 10.3. The van der Waals surface area contributed by atoms with Gasteiger partial charge in [0.2, 0.25) is 0 Å². The van der Waals surface area contributed by atoms with Gasteiger partial charge in [0.05, 0.1) is 30.0 Å². The summed E-state index contributed by atoms with van der Waals surface area (Å²) in [6, 6.07) is 17.8. The third-order valence-electron chi connectivity index (χ3n) is 5.50. The van der Waals surface area contributed by atoms with Gasteiger partial charge in [-0.1, -0.05) is 30.3 Å². The number of pyridine rings is 1. The van der Waals surface area contributed by atoms with E-state index in [9.17, 15) is 9.59 Å². The molecule has 1 unspecified atom stereocenters. The maximum absolute atomic E-state index is 13.5. The summed E-state index contributed by atoms with van der Waals surface area (Å²) in [6.45, 7) is 6.45. The van der Waals surface area contributed by atoms with Gasteiger partial charge in [-0.2, -0.15) is 0 Å². The van der Waals surface area contributed by atoms with E-state index in [1.165, 1.54) is 4.90 Å². The Labute approximate surface area is 181 Å². The Morgan fingerprint density at radius 1 is 0.839 bits per heavy atom. The Morgan fingerprint density at radius 3 is 2.06 bits per heavy atom. The van der Waals surface area contributed by atoms with E-state index in [-0.39, 0.29) is 11.8 Å². The van der Waals surface area contributed by atoms with Gasteiger partial charge in [0.15, 0.2) is 11.5 Å². The lowest BCUT2D eigenvalue weighted by atomic mass is 9.85. The SMILES string of the molecule is CCOc1cccc(C(C)(c2ccccn2)N2C(=O)c3ccccc3C2=O)c1OCC. The normalized spacial score (nSPS) is 14.9. The molecular weight excluding hydrogens is 392 g/mol. The van der Waals surface area contributed by atoms with Gasteiger partial charge in [0.1, 0.15) is 5.54 Å². The van der Waals surface area contributed by atoms with Gasteiger partial charge in [0.25, 0.3) is 11.8 Å². The fraction of sp³-hybridized carbons (Fsp3) is 0.240. The first-order chi connectivity index (χ1) is 15.0. The van der Waals surface area contributed by atoms with Crippen LogP contribution in [0.25, 0.3) is 0 Å². The molecule has 0 saturated carbocycles. The van der Waals surface area contributed by atoms with Crippen LogP contribution in [0.1, 0.15) is 52.7 Å². The first-order valence-electron chi connectivity index (χ1n) is 10.3. The molecule has 2 heterocycles. The maximum atomic E-state index is 13.5. The Balaban J connectivity index is 1.99. The minimum absolute atomic E-state index is 0.363. The number of hydrogen-bond acceptors (Lipinski definition) is 5. The lowest BCUT2D eigenvalue weighted by Crippen LogP contribution is -2.49. The molecule has 158 valence electrons. The van der Waals surface area contributed by atoms with Crippen LogP contribution >= 0.6 is 0 Å². The Kier molecular flexibility index (Phi) is 5.46. The van der Waals surface area contributed by atoms with Crippen molar-refractivity contribution in [3.05, 3.63) is 89.2 Å². The van der Waals surface area contributed by atoms with Crippen LogP contribution in [0.3, 0.4) is 0 Å². The Hall–Kier alpha value is -3.67. The van der Waals surface area contributed by atoms with E-state index in [1.807, 2.05) is 51.1 Å². The number of ether oxygens (including phenoxy) is 2. The fourth-order valence-corrected chi connectivity index (χ4v) is 4.08. The molecule has 0 fully saturated rings. The summed E-state index contributed by atoms with van der Waals surface area (Å²) in [6.07, 6.45) is 1.65. The van der Waals surface area contributed by atoms with E-state index in [4.69, 9.17) is 9.47 Å². The molecule has 0 radical (unpaired) electrons. The summed E-state index contributed by atoms with van der Waals surface area (Å²) >= 11 is 0. The van der Waals surface area contributed by atoms with E-state index in [0.717, 1.165) is 0 Å². The minimum Gasteiger partial charge on any atom is -0.490 e. The van der Waals surface area contributed by atoms with Crippen LogP contribution in [-0.4, -0.2) is 34.9 Å². The molecule has 0 saturated heterocycles. The molecule has 1 aliphatic rings. The van der Waals surface area contributed by atoms with Crippen molar-refractivity contribution >= 4 is 11.8 Å². The van der Waals surface area contributed by atoms with Crippen LogP contribution in [0.15, 0.2) is 66.9 Å². The largest absolute Gasteiger partial charge is 0.490 e. The first kappa shape index (κ1) is 20.6. The van der Waals surface area contributed by atoms with Gasteiger partial charge in [-0.25, -0.2) is 0 Å². The molecule has 1 atom stereocenters. The number of carbonyl (C=O) groups excluding carboxylic acids is 2. The zero-order chi connectivity index (χ0) is 22.0. The second kappa shape index (κ2) is 8.22. The standard InChI is InChI=1S/C25H24N2O4/c1-4-30-20-14-10-13-19(22(20)31-5-2)25(3,21-15-8-9-16-26-21)27-23(28)17-11-6-7-12-18(17)24(27)29/h6-16H,4-5H2,1-3H3. The molecule has 31 heavy (non-hydrogen) atoms. The molecule has 0 bridgehead atoms. The van der Waals surface area contributed by atoms with Crippen LogP contribution in [0, 0.1) is 0 Å². The highest BCUT2D eigenvalue weighted by Crippen LogP contribution is 2.46. The van der Waals surface area contributed by atoms with Gasteiger partial charge >= 0.3 is 0 Å². The van der Waals surface area contributed by atoms with Gasteiger partial charge in [-0.15, -0.1) is 0 Å². The molecular formula is C25H24N2O4. The van der Waals surface area contributed by atoms with E-state index in [1.54, 1.807) is 36.5 Å². The number of amides is 2. The lowest BCUT2D eigenvalue weighted by Gasteiger charge is -2.38. The summed E-state index contributed by atoms with van der Waals surface area (Å²) in [5.41, 5.74) is 0.737. The molecule has 2 amide bonds. The molecule has 0 spiro atoms. The summed E-state index contributed by atoms with van der Waals surface area (Å²) < 4.78 is 11.8. The molecule has 4 rings (SSSR count). The molecule has 6 heteroatoms. The highest BCUT2D eigenvalue weighted by atomic mass is 16.5. The number of hydrogen-bond donors (Lipinski definition) is 0. The van der Waals surface area contributed by atoms with Crippen molar-refractivity contribution in [2.45, 2.75) is 26.3 Å². The zero-order valence-electron chi connectivity index (χ0n) is 17.8. The van der Waals surface area contributed by atoms with Crippen molar-refractivity contribution in [1.29, 1.82) is 0 Å². The van der Waals surface area contributed by atoms with E-state index in [2.05, 4.69) is 4.98 Å². The smallest absolute Gasteiger partial charge is 0.262 e. The van der Waals surface area contributed by atoms with Crippen LogP contribution < -0.4 is 9.47 Å². The number of imide groups is 1. The zero-order valence-corrected chi connectivity index (χ0v) is 17.8. The Morgan fingerprint density at radius 2 is 1.48 bits per heavy atom. The fourth-order valence-electron chi connectivity index (χ4n) is 4.08. The molecule has 2 aromatic carbocycles.